The quantitative estimate of drug-likeness (QED) is 0.431. The molecule has 0 spiro atoms. The smallest absolute Gasteiger partial charge is 0.506 e. The van der Waals surface area contributed by atoms with Crippen LogP contribution in [0.2, 0.25) is 0 Å². The first-order valence-corrected chi connectivity index (χ1v) is 4.06. The Morgan fingerprint density at radius 3 is 2.18 bits per heavy atom. The third kappa shape index (κ3) is 3.23. The Balaban J connectivity index is 3.02. The van der Waals surface area contributed by atoms with Crippen molar-refractivity contribution in [3.8, 4) is 11.5 Å². The van der Waals surface area contributed by atoms with E-state index in [-0.39, 0.29) is 0 Å². The van der Waals surface area contributed by atoms with Crippen molar-refractivity contribution in [1.29, 1.82) is 0 Å². The fourth-order valence-corrected chi connectivity index (χ4v) is 1.01. The van der Waals surface area contributed by atoms with Gasteiger partial charge in [0.25, 0.3) is 0 Å². The molecule has 0 aliphatic heterocycles. The summed E-state index contributed by atoms with van der Waals surface area (Å²) in [5, 5.41) is 25.4. The van der Waals surface area contributed by atoms with Crippen LogP contribution in [0.15, 0.2) is 18.2 Å². The first-order chi connectivity index (χ1) is 7.90. The average Bonchev–Trinajstić information content (AvgIpc) is 2.26. The first kappa shape index (κ1) is 13.6. The molecule has 1 aromatic carbocycles. The monoisotopic (exact) mass is 254 g/mol. The molecule has 17 heavy (non-hydrogen) atoms. The van der Waals surface area contributed by atoms with Crippen LogP contribution in [-0.4, -0.2) is 22.9 Å². The zero-order chi connectivity index (χ0) is 13.1. The SMILES string of the molecule is OOB(OO)Oc1cccc(C(F)(F)F)c1O. The van der Waals surface area contributed by atoms with E-state index in [0.29, 0.717) is 6.07 Å². The molecule has 0 unspecified atom stereocenters. The third-order valence-electron chi connectivity index (χ3n) is 1.70. The van der Waals surface area contributed by atoms with Crippen LogP contribution in [0.25, 0.3) is 0 Å². The number of alkyl halides is 3. The van der Waals surface area contributed by atoms with Crippen molar-refractivity contribution in [2.75, 3.05) is 0 Å². The van der Waals surface area contributed by atoms with Gasteiger partial charge in [-0.1, -0.05) is 6.07 Å². The molecule has 0 atom stereocenters. The van der Waals surface area contributed by atoms with E-state index >= 15 is 0 Å². The average molecular weight is 254 g/mol. The second kappa shape index (κ2) is 5.23. The molecule has 0 saturated carbocycles. The normalized spacial score (nSPS) is 11.4. The summed E-state index contributed by atoms with van der Waals surface area (Å²) in [5.74, 6) is -1.91. The van der Waals surface area contributed by atoms with E-state index in [0.717, 1.165) is 12.1 Å². The molecule has 0 aliphatic carbocycles. The molecule has 0 heterocycles. The molecule has 0 saturated heterocycles. The molecule has 0 bridgehead atoms. The van der Waals surface area contributed by atoms with Gasteiger partial charge in [-0.2, -0.15) is 13.2 Å². The maximum atomic E-state index is 12.4. The van der Waals surface area contributed by atoms with Crippen molar-refractivity contribution in [2.45, 2.75) is 6.18 Å². The Morgan fingerprint density at radius 1 is 1.12 bits per heavy atom. The van der Waals surface area contributed by atoms with E-state index in [2.05, 4.69) is 14.3 Å². The molecule has 0 fully saturated rings. The lowest BCUT2D eigenvalue weighted by atomic mass is 10.1. The molecule has 1 rings (SSSR count). The lowest BCUT2D eigenvalue weighted by Gasteiger charge is -2.13. The Morgan fingerprint density at radius 2 is 1.71 bits per heavy atom. The number of halogens is 3. The number of hydrogen-bond donors (Lipinski definition) is 3. The number of phenolic OH excluding ortho intramolecular Hbond substituents is 1. The number of phenols is 1. The third-order valence-corrected chi connectivity index (χ3v) is 1.70. The molecular formula is C7H6BF3O6. The first-order valence-electron chi connectivity index (χ1n) is 4.06. The lowest BCUT2D eigenvalue weighted by Crippen LogP contribution is -2.28. The summed E-state index contributed by atoms with van der Waals surface area (Å²) in [7, 11) is -2.08. The molecule has 6 nitrogen and oxygen atoms in total. The second-order valence-corrected chi connectivity index (χ2v) is 2.77. The molecule has 0 aromatic heterocycles. The van der Waals surface area contributed by atoms with Gasteiger partial charge in [-0.25, -0.2) is 9.61 Å². The highest BCUT2D eigenvalue weighted by molar-refractivity contribution is 6.36. The van der Waals surface area contributed by atoms with Crippen LogP contribution in [0.1, 0.15) is 5.56 Å². The number of benzene rings is 1. The summed E-state index contributed by atoms with van der Waals surface area (Å²) in [6.07, 6.45) is -4.78. The predicted octanol–water partition coefficient (Wildman–Crippen LogP) is 1.75. The van der Waals surface area contributed by atoms with Crippen LogP contribution < -0.4 is 4.65 Å². The highest BCUT2D eigenvalue weighted by Crippen LogP contribution is 2.40. The van der Waals surface area contributed by atoms with Gasteiger partial charge >= 0.3 is 13.5 Å². The number of para-hydroxylation sites is 1. The van der Waals surface area contributed by atoms with E-state index in [9.17, 15) is 18.3 Å². The van der Waals surface area contributed by atoms with E-state index in [1.807, 2.05) is 0 Å². The summed E-state index contributed by atoms with van der Waals surface area (Å²) in [6.45, 7) is 0. The standard InChI is InChI=1S/C7H6BF3O6/c9-7(10,11)4-2-1-3-5(6(4)12)15-8(16-13)17-14/h1-3,12-14H. The van der Waals surface area contributed by atoms with Crippen molar-refractivity contribution >= 4 is 7.32 Å². The van der Waals surface area contributed by atoms with Gasteiger partial charge in [0.2, 0.25) is 0 Å². The zero-order valence-electron chi connectivity index (χ0n) is 8.01. The van der Waals surface area contributed by atoms with Gasteiger partial charge in [0.1, 0.15) is 11.3 Å². The van der Waals surface area contributed by atoms with Crippen LogP contribution in [0.5, 0.6) is 11.5 Å². The Labute approximate surface area is 92.8 Å². The van der Waals surface area contributed by atoms with Gasteiger partial charge in [-0.15, -0.1) is 0 Å². The minimum absolute atomic E-state index is 0.622. The molecule has 0 radical (unpaired) electrons. The second-order valence-electron chi connectivity index (χ2n) is 2.77. The van der Waals surface area contributed by atoms with Crippen LogP contribution in [0.4, 0.5) is 13.2 Å². The van der Waals surface area contributed by atoms with Crippen LogP contribution in [-0.2, 0) is 15.8 Å². The summed E-state index contributed by atoms with van der Waals surface area (Å²) < 4.78 is 41.4. The van der Waals surface area contributed by atoms with Gasteiger partial charge in [-0.3, -0.25) is 10.5 Å². The molecule has 0 aliphatic rings. The fraction of sp³-hybridized carbons (Fsp3) is 0.143. The van der Waals surface area contributed by atoms with E-state index in [1.165, 1.54) is 0 Å². The van der Waals surface area contributed by atoms with Crippen molar-refractivity contribution in [1.82, 2.24) is 0 Å². The summed E-state index contributed by atoms with van der Waals surface area (Å²) in [6, 6.07) is 2.52. The molecule has 94 valence electrons. The Kier molecular flexibility index (Phi) is 4.18. The van der Waals surface area contributed by atoms with Gasteiger partial charge in [-0.05, 0) is 12.1 Å². The van der Waals surface area contributed by atoms with Gasteiger partial charge in [0, 0.05) is 0 Å². The zero-order valence-corrected chi connectivity index (χ0v) is 8.01. The number of hydrogen-bond acceptors (Lipinski definition) is 6. The van der Waals surface area contributed by atoms with Crippen molar-refractivity contribution in [2.24, 2.45) is 0 Å². The molecule has 10 heteroatoms. The molecule has 3 N–H and O–H groups in total. The van der Waals surface area contributed by atoms with E-state index in [1.54, 1.807) is 0 Å². The molecular weight excluding hydrogens is 248 g/mol. The largest absolute Gasteiger partial charge is 0.770 e. The minimum Gasteiger partial charge on any atom is -0.506 e. The highest BCUT2D eigenvalue weighted by Gasteiger charge is 2.36. The highest BCUT2D eigenvalue weighted by atomic mass is 19.4. The van der Waals surface area contributed by atoms with Crippen LogP contribution in [0.3, 0.4) is 0 Å². The van der Waals surface area contributed by atoms with Crippen LogP contribution in [0, 0.1) is 0 Å². The van der Waals surface area contributed by atoms with Crippen molar-refractivity contribution in [3.05, 3.63) is 23.8 Å². The Hall–Kier alpha value is -1.49. The van der Waals surface area contributed by atoms with E-state index < -0.39 is 30.6 Å². The van der Waals surface area contributed by atoms with Crippen molar-refractivity contribution in [3.63, 3.8) is 0 Å². The lowest BCUT2D eigenvalue weighted by molar-refractivity contribution is -0.242. The summed E-state index contributed by atoms with van der Waals surface area (Å²) in [5.41, 5.74) is -1.34. The maximum Gasteiger partial charge on any atom is 0.770 e. The van der Waals surface area contributed by atoms with Gasteiger partial charge < -0.3 is 9.76 Å². The van der Waals surface area contributed by atoms with Gasteiger partial charge in [0.05, 0.1) is 0 Å². The molecule has 0 amide bonds. The van der Waals surface area contributed by atoms with E-state index in [4.69, 9.17) is 10.5 Å². The Bertz CT molecular complexity index is 380. The number of rotatable bonds is 4. The van der Waals surface area contributed by atoms with Crippen molar-refractivity contribution < 1.29 is 43.1 Å². The predicted molar refractivity (Wildman–Crippen MR) is 46.9 cm³/mol. The van der Waals surface area contributed by atoms with Gasteiger partial charge in [0.15, 0.2) is 5.75 Å². The summed E-state index contributed by atoms with van der Waals surface area (Å²) in [4.78, 5) is 6.79. The summed E-state index contributed by atoms with van der Waals surface area (Å²) >= 11 is 0. The number of aromatic hydroxyl groups is 1. The molecule has 1 aromatic rings. The minimum atomic E-state index is -4.78. The topological polar surface area (TPSA) is 88.4 Å². The maximum absolute atomic E-state index is 12.4. The fourth-order valence-electron chi connectivity index (χ4n) is 1.01. The van der Waals surface area contributed by atoms with Crippen LogP contribution >= 0.6 is 0 Å².